The quantitative estimate of drug-likeness (QED) is 0.703. The number of unbranched alkanes of at least 4 members (excludes halogenated alkanes) is 1. The molecule has 0 aliphatic rings. The predicted molar refractivity (Wildman–Crippen MR) is 73.8 cm³/mol. The molecule has 0 fully saturated rings. The molecule has 5 nitrogen and oxygen atoms in total. The molecule has 0 spiro atoms. The van der Waals surface area contributed by atoms with Crippen LogP contribution in [0.4, 0.5) is 0 Å². The normalized spacial score (nSPS) is 11.2. The van der Waals surface area contributed by atoms with Gasteiger partial charge in [0.15, 0.2) is 0 Å². The fourth-order valence-electron chi connectivity index (χ4n) is 2.15. The number of rotatable bonds is 5. The maximum atomic E-state index is 4.38. The van der Waals surface area contributed by atoms with E-state index in [0.29, 0.717) is 6.54 Å². The van der Waals surface area contributed by atoms with E-state index in [2.05, 4.69) is 32.9 Å². The zero-order chi connectivity index (χ0) is 13.1. The van der Waals surface area contributed by atoms with Crippen molar-refractivity contribution in [3.8, 4) is 0 Å². The summed E-state index contributed by atoms with van der Waals surface area (Å²) in [6, 6.07) is 8.12. The Bertz CT molecular complexity index is 667. The number of aryl methyl sites for hydroxylation is 1. The average molecular weight is 255 g/mol. The molecule has 0 saturated carbocycles. The van der Waals surface area contributed by atoms with Crippen LogP contribution in [0.25, 0.3) is 11.0 Å². The molecule has 0 N–H and O–H groups in total. The van der Waals surface area contributed by atoms with E-state index >= 15 is 0 Å². The molecule has 0 saturated heterocycles. The molecule has 1 aromatic carbocycles. The van der Waals surface area contributed by atoms with Crippen LogP contribution in [0.15, 0.2) is 36.8 Å². The monoisotopic (exact) mass is 255 g/mol. The second-order valence-corrected chi connectivity index (χ2v) is 4.69. The minimum Gasteiger partial charge on any atom is -0.324 e. The van der Waals surface area contributed by atoms with Crippen LogP contribution in [0.5, 0.6) is 0 Å². The van der Waals surface area contributed by atoms with Gasteiger partial charge in [0, 0.05) is 6.54 Å². The number of imidazole rings is 1. The van der Waals surface area contributed by atoms with Gasteiger partial charge in [-0.15, -0.1) is 5.10 Å². The highest BCUT2D eigenvalue weighted by atomic mass is 15.4. The van der Waals surface area contributed by atoms with Crippen molar-refractivity contribution < 1.29 is 0 Å². The molecular formula is C14H17N5. The summed E-state index contributed by atoms with van der Waals surface area (Å²) >= 11 is 0. The standard InChI is InChI=1S/C14H17N5/c1-2-3-8-19-10-12(16-17-19)9-18-11-15-13-6-4-5-7-14(13)18/h4-7,10-11H,2-3,8-9H2,1H3. The first kappa shape index (κ1) is 11.9. The third kappa shape index (κ3) is 2.50. The summed E-state index contributed by atoms with van der Waals surface area (Å²) in [6.45, 7) is 3.83. The van der Waals surface area contributed by atoms with E-state index in [9.17, 15) is 0 Å². The zero-order valence-electron chi connectivity index (χ0n) is 11.0. The number of hydrogen-bond donors (Lipinski definition) is 0. The summed E-state index contributed by atoms with van der Waals surface area (Å²) in [5.74, 6) is 0. The second-order valence-electron chi connectivity index (χ2n) is 4.69. The van der Waals surface area contributed by atoms with Crippen molar-refractivity contribution in [3.05, 3.63) is 42.5 Å². The number of nitrogens with zero attached hydrogens (tertiary/aromatic N) is 5. The molecule has 0 amide bonds. The first-order valence-electron chi connectivity index (χ1n) is 6.65. The highest BCUT2D eigenvalue weighted by Crippen LogP contribution is 2.13. The van der Waals surface area contributed by atoms with Gasteiger partial charge < -0.3 is 4.57 Å². The molecule has 3 aromatic rings. The van der Waals surface area contributed by atoms with E-state index in [0.717, 1.165) is 29.7 Å². The van der Waals surface area contributed by atoms with Crippen molar-refractivity contribution in [2.75, 3.05) is 0 Å². The Kier molecular flexibility index (Phi) is 3.27. The van der Waals surface area contributed by atoms with Crippen LogP contribution in [0.3, 0.4) is 0 Å². The molecular weight excluding hydrogens is 238 g/mol. The van der Waals surface area contributed by atoms with E-state index < -0.39 is 0 Å². The third-order valence-corrected chi connectivity index (χ3v) is 3.19. The molecule has 5 heteroatoms. The van der Waals surface area contributed by atoms with Crippen LogP contribution in [0, 0.1) is 0 Å². The lowest BCUT2D eigenvalue weighted by atomic mass is 10.3. The fraction of sp³-hybridized carbons (Fsp3) is 0.357. The lowest BCUT2D eigenvalue weighted by molar-refractivity contribution is 0.553. The van der Waals surface area contributed by atoms with E-state index in [-0.39, 0.29) is 0 Å². The van der Waals surface area contributed by atoms with Crippen molar-refractivity contribution in [2.45, 2.75) is 32.9 Å². The maximum absolute atomic E-state index is 4.38. The minimum absolute atomic E-state index is 0.715. The molecule has 3 rings (SSSR count). The summed E-state index contributed by atoms with van der Waals surface area (Å²) in [7, 11) is 0. The van der Waals surface area contributed by atoms with Crippen molar-refractivity contribution in [3.63, 3.8) is 0 Å². The van der Waals surface area contributed by atoms with Gasteiger partial charge in [-0.1, -0.05) is 30.7 Å². The highest BCUT2D eigenvalue weighted by molar-refractivity contribution is 5.74. The Morgan fingerprint density at radius 2 is 2.11 bits per heavy atom. The van der Waals surface area contributed by atoms with Gasteiger partial charge in [-0.05, 0) is 18.6 Å². The van der Waals surface area contributed by atoms with Gasteiger partial charge in [0.05, 0.1) is 30.1 Å². The van der Waals surface area contributed by atoms with Gasteiger partial charge in [0.2, 0.25) is 0 Å². The fourth-order valence-corrected chi connectivity index (χ4v) is 2.15. The molecule has 98 valence electrons. The Hall–Kier alpha value is -2.17. The smallest absolute Gasteiger partial charge is 0.102 e. The van der Waals surface area contributed by atoms with E-state index in [1.54, 1.807) is 0 Å². The zero-order valence-corrected chi connectivity index (χ0v) is 11.0. The Labute approximate surface area is 111 Å². The lowest BCUT2D eigenvalue weighted by Gasteiger charge is -2.00. The number of hydrogen-bond acceptors (Lipinski definition) is 3. The van der Waals surface area contributed by atoms with Gasteiger partial charge in [-0.3, -0.25) is 4.68 Å². The van der Waals surface area contributed by atoms with E-state index in [1.807, 2.05) is 35.4 Å². The summed E-state index contributed by atoms with van der Waals surface area (Å²) in [5.41, 5.74) is 3.12. The van der Waals surface area contributed by atoms with Crippen molar-refractivity contribution in [1.82, 2.24) is 24.5 Å². The minimum atomic E-state index is 0.715. The number of fused-ring (bicyclic) bond motifs is 1. The number of aromatic nitrogens is 5. The molecule has 2 heterocycles. The first-order valence-corrected chi connectivity index (χ1v) is 6.65. The topological polar surface area (TPSA) is 48.5 Å². The van der Waals surface area contributed by atoms with Crippen LogP contribution in [-0.4, -0.2) is 24.5 Å². The van der Waals surface area contributed by atoms with Crippen LogP contribution < -0.4 is 0 Å². The van der Waals surface area contributed by atoms with E-state index in [1.165, 1.54) is 6.42 Å². The van der Waals surface area contributed by atoms with Gasteiger partial charge in [-0.25, -0.2) is 4.98 Å². The molecule has 0 atom stereocenters. The third-order valence-electron chi connectivity index (χ3n) is 3.19. The van der Waals surface area contributed by atoms with Crippen molar-refractivity contribution in [2.24, 2.45) is 0 Å². The van der Waals surface area contributed by atoms with Crippen molar-refractivity contribution in [1.29, 1.82) is 0 Å². The van der Waals surface area contributed by atoms with Gasteiger partial charge in [0.25, 0.3) is 0 Å². The van der Waals surface area contributed by atoms with Crippen LogP contribution in [-0.2, 0) is 13.1 Å². The molecule has 0 aliphatic carbocycles. The number of benzene rings is 1. The SMILES string of the molecule is CCCCn1cc(Cn2cnc3ccccc32)nn1. The molecule has 0 aliphatic heterocycles. The number of para-hydroxylation sites is 2. The summed E-state index contributed by atoms with van der Waals surface area (Å²) < 4.78 is 4.02. The first-order chi connectivity index (χ1) is 9.36. The summed E-state index contributed by atoms with van der Waals surface area (Å²) in [4.78, 5) is 4.38. The Morgan fingerprint density at radius 1 is 1.21 bits per heavy atom. The molecule has 2 aromatic heterocycles. The average Bonchev–Trinajstić information content (AvgIpc) is 3.05. The second kappa shape index (κ2) is 5.22. The lowest BCUT2D eigenvalue weighted by Crippen LogP contribution is -1.98. The van der Waals surface area contributed by atoms with Crippen LogP contribution in [0.2, 0.25) is 0 Å². The Morgan fingerprint density at radius 3 is 3.00 bits per heavy atom. The van der Waals surface area contributed by atoms with Gasteiger partial charge in [-0.2, -0.15) is 0 Å². The molecule has 19 heavy (non-hydrogen) atoms. The molecule has 0 unspecified atom stereocenters. The van der Waals surface area contributed by atoms with Crippen LogP contribution >= 0.6 is 0 Å². The van der Waals surface area contributed by atoms with Gasteiger partial charge >= 0.3 is 0 Å². The van der Waals surface area contributed by atoms with Gasteiger partial charge in [0.1, 0.15) is 5.69 Å². The largest absolute Gasteiger partial charge is 0.324 e. The maximum Gasteiger partial charge on any atom is 0.102 e. The van der Waals surface area contributed by atoms with Crippen LogP contribution in [0.1, 0.15) is 25.5 Å². The predicted octanol–water partition coefficient (Wildman–Crippen LogP) is 2.48. The Balaban J connectivity index is 1.79. The summed E-state index contributed by atoms with van der Waals surface area (Å²) in [5, 5.41) is 8.36. The summed E-state index contributed by atoms with van der Waals surface area (Å²) in [6.07, 6.45) is 6.18. The highest BCUT2D eigenvalue weighted by Gasteiger charge is 2.05. The van der Waals surface area contributed by atoms with E-state index in [4.69, 9.17) is 0 Å². The van der Waals surface area contributed by atoms with Crippen molar-refractivity contribution >= 4 is 11.0 Å². The molecule has 0 bridgehead atoms. The molecule has 0 radical (unpaired) electrons.